The van der Waals surface area contributed by atoms with Gasteiger partial charge in [-0.3, -0.25) is 9.59 Å². The van der Waals surface area contributed by atoms with Crippen molar-refractivity contribution in [3.63, 3.8) is 0 Å². The van der Waals surface area contributed by atoms with E-state index in [0.717, 1.165) is 48.8 Å². The van der Waals surface area contributed by atoms with Crippen LogP contribution in [0.4, 0.5) is 0 Å². The van der Waals surface area contributed by atoms with Crippen LogP contribution in [0, 0.1) is 11.3 Å². The Bertz CT molecular complexity index is 1080. The monoisotopic (exact) mass is 432 g/mol. The van der Waals surface area contributed by atoms with Crippen molar-refractivity contribution in [2.45, 2.75) is 77.6 Å². The topological polar surface area (TPSA) is 52.6 Å². The summed E-state index contributed by atoms with van der Waals surface area (Å²) in [6, 6.07) is 11.8. The predicted molar refractivity (Wildman–Crippen MR) is 123 cm³/mol. The molecule has 2 aliphatic carbocycles. The van der Waals surface area contributed by atoms with E-state index in [0.29, 0.717) is 11.5 Å². The lowest BCUT2D eigenvalue weighted by atomic mass is 9.50. The molecule has 4 nitrogen and oxygen atoms in total. The molecule has 1 aliphatic heterocycles. The third-order valence-electron chi connectivity index (χ3n) is 8.01. The number of carbonyl (C=O) groups excluding carboxylic acids is 2. The summed E-state index contributed by atoms with van der Waals surface area (Å²) in [5, 5.41) is 0. The molecule has 2 aromatic rings. The minimum atomic E-state index is -0.596. The van der Waals surface area contributed by atoms with Crippen molar-refractivity contribution in [2.24, 2.45) is 11.3 Å². The fourth-order valence-corrected chi connectivity index (χ4v) is 6.55. The minimum absolute atomic E-state index is 0.0808. The third-order valence-corrected chi connectivity index (χ3v) is 8.01. The maximum absolute atomic E-state index is 13.5. The highest BCUT2D eigenvalue weighted by Gasteiger charge is 2.62. The van der Waals surface area contributed by atoms with Crippen molar-refractivity contribution in [2.75, 3.05) is 0 Å². The number of aryl methyl sites for hydroxylation is 1. The lowest BCUT2D eigenvalue weighted by Gasteiger charge is -2.51. The van der Waals surface area contributed by atoms with Gasteiger partial charge >= 0.3 is 11.9 Å². The molecule has 1 fully saturated rings. The quantitative estimate of drug-likeness (QED) is 0.447. The molecule has 5 rings (SSSR count). The molecule has 1 saturated carbocycles. The van der Waals surface area contributed by atoms with Crippen molar-refractivity contribution in [1.82, 2.24) is 0 Å². The molecule has 2 aromatic carbocycles. The van der Waals surface area contributed by atoms with E-state index in [1.807, 2.05) is 30.3 Å². The molecule has 4 heteroatoms. The lowest BCUT2D eigenvalue weighted by molar-refractivity contribution is -0.146. The Morgan fingerprint density at radius 3 is 2.66 bits per heavy atom. The van der Waals surface area contributed by atoms with Crippen LogP contribution in [0.15, 0.2) is 36.4 Å². The highest BCUT2D eigenvalue weighted by atomic mass is 16.6. The normalized spacial score (nSPS) is 25.2. The van der Waals surface area contributed by atoms with Crippen LogP contribution in [0.5, 0.6) is 11.5 Å². The summed E-state index contributed by atoms with van der Waals surface area (Å²) in [5.74, 6) is 0.888. The zero-order chi connectivity index (χ0) is 22.7. The highest BCUT2D eigenvalue weighted by Crippen LogP contribution is 2.64. The van der Waals surface area contributed by atoms with Gasteiger partial charge in [0.1, 0.15) is 5.41 Å². The molecule has 0 unspecified atom stereocenters. The lowest BCUT2D eigenvalue weighted by Crippen LogP contribution is -2.52. The molecule has 0 aromatic heterocycles. The second-order valence-electron chi connectivity index (χ2n) is 10.7. The number of benzene rings is 2. The van der Waals surface area contributed by atoms with Crippen molar-refractivity contribution in [1.29, 1.82) is 0 Å². The molecular weight excluding hydrogens is 400 g/mol. The zero-order valence-electron chi connectivity index (χ0n) is 19.5. The first-order valence-corrected chi connectivity index (χ1v) is 11.9. The van der Waals surface area contributed by atoms with Crippen molar-refractivity contribution < 1.29 is 19.1 Å². The Morgan fingerprint density at radius 1 is 1.19 bits per heavy atom. The van der Waals surface area contributed by atoms with Gasteiger partial charge in [0, 0.05) is 11.1 Å². The fraction of sp³-hybridized carbons (Fsp3) is 0.500. The van der Waals surface area contributed by atoms with E-state index >= 15 is 0 Å². The molecular formula is C28H32O4. The molecule has 0 saturated heterocycles. The number of ether oxygens (including phenoxy) is 2. The Morgan fingerprint density at radius 2 is 1.94 bits per heavy atom. The number of hydrogen-bond donors (Lipinski definition) is 0. The maximum Gasteiger partial charge on any atom is 0.322 e. The summed E-state index contributed by atoms with van der Waals surface area (Å²) in [6.45, 7) is 8.76. The van der Waals surface area contributed by atoms with E-state index in [-0.39, 0.29) is 35.6 Å². The number of carbonyl (C=O) groups is 2. The highest BCUT2D eigenvalue weighted by molar-refractivity contribution is 5.94. The first-order valence-electron chi connectivity index (χ1n) is 11.9. The predicted octanol–water partition coefficient (Wildman–Crippen LogP) is 5.89. The first kappa shape index (κ1) is 21.2. The van der Waals surface area contributed by atoms with Crippen LogP contribution in [0.2, 0.25) is 0 Å². The number of esters is 2. The van der Waals surface area contributed by atoms with E-state index in [4.69, 9.17) is 9.47 Å². The minimum Gasteiger partial charge on any atom is -0.422 e. The van der Waals surface area contributed by atoms with Gasteiger partial charge in [-0.2, -0.15) is 0 Å². The van der Waals surface area contributed by atoms with Gasteiger partial charge in [0.2, 0.25) is 0 Å². The second-order valence-corrected chi connectivity index (χ2v) is 10.7. The van der Waals surface area contributed by atoms with E-state index in [1.165, 1.54) is 5.56 Å². The molecule has 0 radical (unpaired) electrons. The second kappa shape index (κ2) is 7.47. The van der Waals surface area contributed by atoms with Crippen LogP contribution in [-0.4, -0.2) is 11.9 Å². The molecule has 0 bridgehead atoms. The first-order chi connectivity index (χ1) is 15.2. The molecule has 0 N–H and O–H groups in total. The standard InChI is InChI=1S/C28H32O4/c1-17(2)20-16-19-11-12-21-27(3,4)13-8-14-28(21)23(19)25(32-26(28)30)24(20)31-22(29)15-18-9-6-5-7-10-18/h5-7,9-10,16-17,21H,8,11-15H2,1-4H3/t21-,28+/m0/s1. The molecule has 32 heavy (non-hydrogen) atoms. The van der Waals surface area contributed by atoms with Crippen molar-refractivity contribution in [3.05, 3.63) is 58.7 Å². The molecule has 0 amide bonds. The van der Waals surface area contributed by atoms with Crippen molar-refractivity contribution in [3.8, 4) is 11.5 Å². The van der Waals surface area contributed by atoms with Gasteiger partial charge in [-0.15, -0.1) is 0 Å². The van der Waals surface area contributed by atoms with E-state index in [2.05, 4.69) is 33.8 Å². The van der Waals surface area contributed by atoms with Gasteiger partial charge in [-0.1, -0.05) is 70.5 Å². The van der Waals surface area contributed by atoms with Crippen LogP contribution in [-0.2, 0) is 27.8 Å². The van der Waals surface area contributed by atoms with Crippen LogP contribution in [0.3, 0.4) is 0 Å². The number of hydrogen-bond acceptors (Lipinski definition) is 4. The summed E-state index contributed by atoms with van der Waals surface area (Å²) in [5.41, 5.74) is 3.54. The summed E-state index contributed by atoms with van der Waals surface area (Å²) in [4.78, 5) is 26.4. The van der Waals surface area contributed by atoms with E-state index in [9.17, 15) is 9.59 Å². The SMILES string of the molecule is CC(C)c1cc2c3c(c1OC(=O)Cc1ccccc1)OC(=O)[C@@]31CCCC(C)(C)[C@@H]1CC2. The summed E-state index contributed by atoms with van der Waals surface area (Å²) < 4.78 is 12.0. The van der Waals surface area contributed by atoms with Crippen LogP contribution < -0.4 is 9.47 Å². The molecule has 1 heterocycles. The third kappa shape index (κ3) is 3.10. The Hall–Kier alpha value is -2.62. The van der Waals surface area contributed by atoms with Crippen LogP contribution >= 0.6 is 0 Å². The van der Waals surface area contributed by atoms with E-state index < -0.39 is 5.41 Å². The van der Waals surface area contributed by atoms with Gasteiger partial charge in [-0.05, 0) is 54.1 Å². The Kier molecular flexibility index (Phi) is 4.96. The zero-order valence-corrected chi connectivity index (χ0v) is 19.5. The summed E-state index contributed by atoms with van der Waals surface area (Å²) in [7, 11) is 0. The van der Waals surface area contributed by atoms with Gasteiger partial charge in [0.05, 0.1) is 6.42 Å². The molecule has 2 atom stereocenters. The maximum atomic E-state index is 13.5. The average molecular weight is 433 g/mol. The van der Waals surface area contributed by atoms with Crippen molar-refractivity contribution >= 4 is 11.9 Å². The average Bonchev–Trinajstić information content (AvgIpc) is 3.03. The van der Waals surface area contributed by atoms with Gasteiger partial charge in [-0.25, -0.2) is 0 Å². The Balaban J connectivity index is 1.61. The summed E-state index contributed by atoms with van der Waals surface area (Å²) >= 11 is 0. The largest absolute Gasteiger partial charge is 0.422 e. The van der Waals surface area contributed by atoms with Gasteiger partial charge in [0.15, 0.2) is 11.5 Å². The van der Waals surface area contributed by atoms with Gasteiger partial charge in [0.25, 0.3) is 0 Å². The smallest absolute Gasteiger partial charge is 0.322 e. The molecule has 1 spiro atoms. The van der Waals surface area contributed by atoms with E-state index in [1.54, 1.807) is 0 Å². The van der Waals surface area contributed by atoms with Gasteiger partial charge < -0.3 is 9.47 Å². The number of rotatable bonds is 4. The summed E-state index contributed by atoms with van der Waals surface area (Å²) in [6.07, 6.45) is 5.07. The fourth-order valence-electron chi connectivity index (χ4n) is 6.55. The molecule has 3 aliphatic rings. The Labute approximate surface area is 190 Å². The van der Waals surface area contributed by atoms with Crippen LogP contribution in [0.1, 0.15) is 81.5 Å². The molecule has 168 valence electrons. The van der Waals surface area contributed by atoms with Crippen LogP contribution in [0.25, 0.3) is 0 Å².